The first-order chi connectivity index (χ1) is 12.6. The van der Waals surface area contributed by atoms with Crippen molar-refractivity contribution >= 4 is 17.2 Å². The molecule has 1 aliphatic heterocycles. The predicted octanol–water partition coefficient (Wildman–Crippen LogP) is 3.51. The molecule has 0 unspecified atom stereocenters. The van der Waals surface area contributed by atoms with Gasteiger partial charge in [-0.2, -0.15) is 0 Å². The quantitative estimate of drug-likeness (QED) is 0.809. The normalized spacial score (nSPS) is 21.3. The van der Waals surface area contributed by atoms with Crippen molar-refractivity contribution in [1.29, 1.82) is 0 Å². The second-order valence-corrected chi connectivity index (χ2v) is 8.95. The Morgan fingerprint density at radius 2 is 2.04 bits per heavy atom. The van der Waals surface area contributed by atoms with Crippen LogP contribution in [0.1, 0.15) is 35.4 Å². The van der Waals surface area contributed by atoms with E-state index in [0.29, 0.717) is 17.9 Å². The van der Waals surface area contributed by atoms with E-state index in [1.54, 1.807) is 11.3 Å². The molecule has 0 bridgehead atoms. The maximum absolute atomic E-state index is 12.6. The van der Waals surface area contributed by atoms with E-state index >= 15 is 0 Å². The van der Waals surface area contributed by atoms with Crippen LogP contribution < -0.4 is 0 Å². The Labute approximate surface area is 159 Å². The molecule has 4 nitrogen and oxygen atoms in total. The number of rotatable bonds is 5. The van der Waals surface area contributed by atoms with E-state index in [2.05, 4.69) is 53.0 Å². The van der Waals surface area contributed by atoms with Crippen molar-refractivity contribution in [3.05, 3.63) is 52.0 Å². The topological polar surface area (TPSA) is 36.4 Å². The summed E-state index contributed by atoms with van der Waals surface area (Å²) in [5.41, 5.74) is 2.79. The zero-order valence-electron chi connectivity index (χ0n) is 15.6. The third-order valence-electron chi connectivity index (χ3n) is 6.13. The SMILES string of the molecule is Cc1ccc(CC(=O)N2CCC3(CC2)C[C@@H]3N(C)Cc2nccs2)cc1. The Morgan fingerprint density at radius 1 is 1.31 bits per heavy atom. The molecule has 0 N–H and O–H groups in total. The van der Waals surface area contributed by atoms with Crippen LogP contribution in [0.15, 0.2) is 35.8 Å². The first-order valence-corrected chi connectivity index (χ1v) is 10.4. The summed E-state index contributed by atoms with van der Waals surface area (Å²) >= 11 is 1.73. The highest BCUT2D eigenvalue weighted by Crippen LogP contribution is 2.56. The summed E-state index contributed by atoms with van der Waals surface area (Å²) in [6.45, 7) is 4.84. The molecule has 2 fully saturated rings. The summed E-state index contributed by atoms with van der Waals surface area (Å²) in [5, 5.41) is 3.24. The Balaban J connectivity index is 1.27. The van der Waals surface area contributed by atoms with Crippen molar-refractivity contribution in [2.24, 2.45) is 5.41 Å². The first kappa shape index (κ1) is 17.7. The highest BCUT2D eigenvalue weighted by atomic mass is 32.1. The second-order valence-electron chi connectivity index (χ2n) is 7.97. The van der Waals surface area contributed by atoms with Crippen LogP contribution in [0.3, 0.4) is 0 Å². The maximum Gasteiger partial charge on any atom is 0.226 e. The lowest BCUT2D eigenvalue weighted by molar-refractivity contribution is -0.132. The number of carbonyl (C=O) groups excluding carboxylic acids is 1. The summed E-state index contributed by atoms with van der Waals surface area (Å²) in [6, 6.07) is 8.97. The molecule has 0 radical (unpaired) electrons. The minimum absolute atomic E-state index is 0.275. The van der Waals surface area contributed by atoms with Gasteiger partial charge in [-0.3, -0.25) is 9.69 Å². The Morgan fingerprint density at radius 3 is 2.69 bits per heavy atom. The van der Waals surface area contributed by atoms with Crippen LogP contribution in [0.4, 0.5) is 0 Å². The Kier molecular flexibility index (Phi) is 4.84. The van der Waals surface area contributed by atoms with Gasteiger partial charge in [-0.15, -0.1) is 11.3 Å². The van der Waals surface area contributed by atoms with Crippen molar-refractivity contribution in [2.45, 2.75) is 45.2 Å². The maximum atomic E-state index is 12.6. The first-order valence-electron chi connectivity index (χ1n) is 9.48. The number of hydrogen-bond donors (Lipinski definition) is 0. The van der Waals surface area contributed by atoms with Crippen LogP contribution in [-0.2, 0) is 17.8 Å². The van der Waals surface area contributed by atoms with E-state index < -0.39 is 0 Å². The molecule has 1 aromatic carbocycles. The number of amides is 1. The van der Waals surface area contributed by atoms with E-state index in [1.165, 1.54) is 17.0 Å². The third kappa shape index (κ3) is 3.69. The van der Waals surface area contributed by atoms with Gasteiger partial charge in [0.05, 0.1) is 13.0 Å². The number of likely N-dealkylation sites (tertiary alicyclic amines) is 1. The van der Waals surface area contributed by atoms with Gasteiger partial charge in [0.15, 0.2) is 0 Å². The minimum Gasteiger partial charge on any atom is -0.342 e. The molecule has 2 aromatic rings. The van der Waals surface area contributed by atoms with Crippen LogP contribution in [0, 0.1) is 12.3 Å². The highest BCUT2D eigenvalue weighted by molar-refractivity contribution is 7.09. The van der Waals surface area contributed by atoms with Crippen molar-refractivity contribution in [3.63, 3.8) is 0 Å². The molecule has 1 saturated heterocycles. The van der Waals surface area contributed by atoms with Crippen molar-refractivity contribution < 1.29 is 4.79 Å². The summed E-state index contributed by atoms with van der Waals surface area (Å²) in [5.74, 6) is 0.275. The van der Waals surface area contributed by atoms with Gasteiger partial charge < -0.3 is 4.90 Å². The molecule has 138 valence electrons. The molecule has 1 saturated carbocycles. The van der Waals surface area contributed by atoms with E-state index in [4.69, 9.17) is 0 Å². The number of carbonyl (C=O) groups is 1. The van der Waals surface area contributed by atoms with Gasteiger partial charge in [0.2, 0.25) is 5.91 Å². The molecule has 1 aliphatic carbocycles. The fourth-order valence-corrected chi connectivity index (χ4v) is 5.01. The summed E-state index contributed by atoms with van der Waals surface area (Å²) in [6.07, 6.45) is 5.96. The summed E-state index contributed by atoms with van der Waals surface area (Å²) < 4.78 is 0. The molecule has 4 rings (SSSR count). The molecular weight excluding hydrogens is 342 g/mol. The van der Waals surface area contributed by atoms with Crippen LogP contribution >= 0.6 is 11.3 Å². The number of nitrogens with zero attached hydrogens (tertiary/aromatic N) is 3. The van der Waals surface area contributed by atoms with Crippen molar-refractivity contribution in [1.82, 2.24) is 14.8 Å². The fraction of sp³-hybridized carbons (Fsp3) is 0.524. The molecule has 2 heterocycles. The lowest BCUT2D eigenvalue weighted by Gasteiger charge is -2.34. The van der Waals surface area contributed by atoms with Gasteiger partial charge in [-0.25, -0.2) is 4.98 Å². The van der Waals surface area contributed by atoms with Crippen LogP contribution in [-0.4, -0.2) is 46.9 Å². The van der Waals surface area contributed by atoms with Gasteiger partial charge in [-0.05, 0) is 44.2 Å². The van der Waals surface area contributed by atoms with Gasteiger partial charge >= 0.3 is 0 Å². The van der Waals surface area contributed by atoms with Gasteiger partial charge in [0.25, 0.3) is 0 Å². The average molecular weight is 370 g/mol. The predicted molar refractivity (Wildman–Crippen MR) is 105 cm³/mol. The molecule has 1 atom stereocenters. The lowest BCUT2D eigenvalue weighted by Crippen LogP contribution is -2.41. The number of hydrogen-bond acceptors (Lipinski definition) is 4. The molecule has 2 aliphatic rings. The van der Waals surface area contributed by atoms with Gasteiger partial charge in [0, 0.05) is 30.7 Å². The number of thiazole rings is 1. The fourth-order valence-electron chi connectivity index (χ4n) is 4.34. The Hall–Kier alpha value is -1.72. The Bertz CT molecular complexity index is 748. The monoisotopic (exact) mass is 369 g/mol. The zero-order chi connectivity index (χ0) is 18.1. The van der Waals surface area contributed by atoms with Gasteiger partial charge in [0.1, 0.15) is 5.01 Å². The number of aryl methyl sites for hydroxylation is 1. The zero-order valence-corrected chi connectivity index (χ0v) is 16.5. The number of benzene rings is 1. The van der Waals surface area contributed by atoms with Crippen molar-refractivity contribution in [2.75, 3.05) is 20.1 Å². The smallest absolute Gasteiger partial charge is 0.226 e. The largest absolute Gasteiger partial charge is 0.342 e. The molecule has 1 aromatic heterocycles. The van der Waals surface area contributed by atoms with E-state index in [9.17, 15) is 4.79 Å². The van der Waals surface area contributed by atoms with Crippen LogP contribution in [0.2, 0.25) is 0 Å². The van der Waals surface area contributed by atoms with Crippen LogP contribution in [0.5, 0.6) is 0 Å². The van der Waals surface area contributed by atoms with E-state index in [-0.39, 0.29) is 5.91 Å². The summed E-state index contributed by atoms with van der Waals surface area (Å²) in [4.78, 5) is 21.6. The second kappa shape index (κ2) is 7.12. The molecule has 5 heteroatoms. The average Bonchev–Trinajstić information content (AvgIpc) is 3.09. The molecule has 1 amide bonds. The molecule has 1 spiro atoms. The molecular formula is C21H27N3OS. The van der Waals surface area contributed by atoms with Gasteiger partial charge in [-0.1, -0.05) is 29.8 Å². The standard InChI is InChI=1S/C21H27N3OS/c1-16-3-5-17(6-4-16)13-20(25)24-10-7-21(8-11-24)14-18(21)23(2)15-19-22-9-12-26-19/h3-6,9,12,18H,7-8,10-11,13-15H2,1-2H3/t18-/m0/s1. The number of aromatic nitrogens is 1. The van der Waals surface area contributed by atoms with Crippen molar-refractivity contribution in [3.8, 4) is 0 Å². The minimum atomic E-state index is 0.275. The van der Waals surface area contributed by atoms with Crippen LogP contribution in [0.25, 0.3) is 0 Å². The lowest BCUT2D eigenvalue weighted by atomic mass is 9.92. The van der Waals surface area contributed by atoms with E-state index in [0.717, 1.165) is 38.0 Å². The number of piperidine rings is 1. The third-order valence-corrected chi connectivity index (χ3v) is 6.90. The molecule has 26 heavy (non-hydrogen) atoms. The highest BCUT2D eigenvalue weighted by Gasteiger charge is 2.56. The van der Waals surface area contributed by atoms with E-state index in [1.807, 2.05) is 11.6 Å². The summed E-state index contributed by atoms with van der Waals surface area (Å²) in [7, 11) is 2.22.